The summed E-state index contributed by atoms with van der Waals surface area (Å²) >= 11 is 4.97. The lowest BCUT2D eigenvalue weighted by atomic mass is 10.2. The van der Waals surface area contributed by atoms with Crippen molar-refractivity contribution in [2.24, 2.45) is 0 Å². The predicted molar refractivity (Wildman–Crippen MR) is 35.8 cm³/mol. The summed E-state index contributed by atoms with van der Waals surface area (Å²) in [7, 11) is 0. The molecule has 0 aromatic heterocycles. The summed E-state index contributed by atoms with van der Waals surface area (Å²) in [5.74, 6) is 0. The number of carbonyl (C=O) groups excluding carboxylic acids is 1. The number of rotatable bonds is 1. The fraction of sp³-hybridized carbons (Fsp3) is 0.500. The van der Waals surface area contributed by atoms with Crippen LogP contribution >= 0.6 is 11.6 Å². The van der Waals surface area contributed by atoms with Gasteiger partial charge in [-0.15, -0.1) is 0 Å². The van der Waals surface area contributed by atoms with Crippen LogP contribution in [0.25, 0.3) is 0 Å². The Labute approximate surface area is 63.6 Å². The Balaban J connectivity index is 2.28. The molecule has 0 aliphatic carbocycles. The minimum atomic E-state index is -0.774. The first-order valence-corrected chi connectivity index (χ1v) is 3.29. The lowest BCUT2D eigenvalue weighted by Gasteiger charge is -2.16. The quantitative estimate of drug-likeness (QED) is 0.550. The van der Waals surface area contributed by atoms with Crippen LogP contribution in [0.15, 0.2) is 12.3 Å². The Bertz CT molecular complexity index is 155. The topological polar surface area (TPSA) is 35.5 Å². The molecule has 0 radical (unpaired) electrons. The van der Waals surface area contributed by atoms with Crippen molar-refractivity contribution in [1.29, 1.82) is 0 Å². The molecule has 1 rings (SSSR count). The highest BCUT2D eigenvalue weighted by Crippen LogP contribution is 2.08. The zero-order valence-corrected chi connectivity index (χ0v) is 6.00. The molecule has 1 heterocycles. The van der Waals surface area contributed by atoms with E-state index in [1.54, 1.807) is 12.3 Å². The van der Waals surface area contributed by atoms with E-state index in [1.807, 2.05) is 0 Å². The SMILES string of the molecule is O=C(Cl)OC1CC=COC1. The molecule has 3 nitrogen and oxygen atoms in total. The molecule has 4 heteroatoms. The molecule has 0 amide bonds. The third-order valence-electron chi connectivity index (χ3n) is 1.13. The molecule has 0 saturated carbocycles. The first kappa shape index (κ1) is 7.41. The van der Waals surface area contributed by atoms with Crippen LogP contribution in [0.5, 0.6) is 0 Å². The second-order valence-corrected chi connectivity index (χ2v) is 2.23. The smallest absolute Gasteiger partial charge is 0.404 e. The van der Waals surface area contributed by atoms with Gasteiger partial charge in [-0.2, -0.15) is 0 Å². The van der Waals surface area contributed by atoms with E-state index in [9.17, 15) is 4.79 Å². The van der Waals surface area contributed by atoms with Gasteiger partial charge < -0.3 is 9.47 Å². The molecule has 0 spiro atoms. The maximum Gasteiger partial charge on any atom is 0.404 e. The summed E-state index contributed by atoms with van der Waals surface area (Å²) in [6, 6.07) is 0. The Morgan fingerprint density at radius 3 is 3.10 bits per heavy atom. The number of hydrogen-bond acceptors (Lipinski definition) is 3. The highest BCUT2D eigenvalue weighted by Gasteiger charge is 2.13. The third kappa shape index (κ3) is 2.27. The number of hydrogen-bond donors (Lipinski definition) is 0. The van der Waals surface area contributed by atoms with E-state index in [-0.39, 0.29) is 6.10 Å². The van der Waals surface area contributed by atoms with E-state index in [4.69, 9.17) is 16.3 Å². The zero-order valence-electron chi connectivity index (χ0n) is 5.25. The molecule has 56 valence electrons. The molecular weight excluding hydrogens is 156 g/mol. The Hall–Kier alpha value is -0.700. The molecular formula is C6H7ClO3. The second kappa shape index (κ2) is 3.46. The van der Waals surface area contributed by atoms with Gasteiger partial charge in [-0.3, -0.25) is 0 Å². The standard InChI is InChI=1S/C6H7ClO3/c7-6(8)10-5-2-1-3-9-4-5/h1,3,5H,2,4H2. The van der Waals surface area contributed by atoms with Crippen LogP contribution in [0.3, 0.4) is 0 Å². The predicted octanol–water partition coefficient (Wildman–Crippen LogP) is 1.66. The number of ether oxygens (including phenoxy) is 2. The highest BCUT2D eigenvalue weighted by atomic mass is 35.5. The van der Waals surface area contributed by atoms with Crippen molar-refractivity contribution < 1.29 is 14.3 Å². The summed E-state index contributed by atoms with van der Waals surface area (Å²) in [6.07, 6.45) is 3.83. The van der Waals surface area contributed by atoms with Gasteiger partial charge in [-0.05, 0) is 6.08 Å². The van der Waals surface area contributed by atoms with Gasteiger partial charge in [0.05, 0.1) is 6.26 Å². The van der Waals surface area contributed by atoms with Gasteiger partial charge in [-0.1, -0.05) is 0 Å². The average molecular weight is 163 g/mol. The van der Waals surface area contributed by atoms with Crippen molar-refractivity contribution in [2.45, 2.75) is 12.5 Å². The van der Waals surface area contributed by atoms with Crippen molar-refractivity contribution in [3.05, 3.63) is 12.3 Å². The molecule has 1 unspecified atom stereocenters. The van der Waals surface area contributed by atoms with Crippen LogP contribution in [0, 0.1) is 0 Å². The van der Waals surface area contributed by atoms with E-state index in [0.717, 1.165) is 0 Å². The molecule has 0 fully saturated rings. The molecule has 0 aromatic carbocycles. The van der Waals surface area contributed by atoms with Gasteiger partial charge in [0.25, 0.3) is 0 Å². The van der Waals surface area contributed by atoms with Gasteiger partial charge in [0.1, 0.15) is 12.7 Å². The van der Waals surface area contributed by atoms with Crippen molar-refractivity contribution in [1.82, 2.24) is 0 Å². The first-order valence-electron chi connectivity index (χ1n) is 2.92. The highest BCUT2D eigenvalue weighted by molar-refractivity contribution is 6.61. The molecule has 1 atom stereocenters. The van der Waals surface area contributed by atoms with Crippen LogP contribution in [0.2, 0.25) is 0 Å². The van der Waals surface area contributed by atoms with Gasteiger partial charge in [0.15, 0.2) is 0 Å². The molecule has 0 N–H and O–H groups in total. The summed E-state index contributed by atoms with van der Waals surface area (Å²) in [4.78, 5) is 10.2. The molecule has 10 heavy (non-hydrogen) atoms. The Morgan fingerprint density at radius 1 is 1.80 bits per heavy atom. The first-order chi connectivity index (χ1) is 4.79. The number of carbonyl (C=O) groups is 1. The lowest BCUT2D eigenvalue weighted by Crippen LogP contribution is -2.21. The van der Waals surface area contributed by atoms with Crippen LogP contribution in [0.1, 0.15) is 6.42 Å². The largest absolute Gasteiger partial charge is 0.498 e. The molecule has 0 bridgehead atoms. The lowest BCUT2D eigenvalue weighted by molar-refractivity contribution is 0.0579. The van der Waals surface area contributed by atoms with E-state index >= 15 is 0 Å². The summed E-state index contributed by atoms with van der Waals surface area (Å²) in [5.41, 5.74) is -0.774. The third-order valence-corrected chi connectivity index (χ3v) is 1.22. The number of halogens is 1. The van der Waals surface area contributed by atoms with Gasteiger partial charge in [-0.25, -0.2) is 4.79 Å². The van der Waals surface area contributed by atoms with Crippen molar-refractivity contribution in [2.75, 3.05) is 6.61 Å². The van der Waals surface area contributed by atoms with Crippen LogP contribution in [-0.4, -0.2) is 18.1 Å². The van der Waals surface area contributed by atoms with Crippen molar-refractivity contribution >= 4 is 17.0 Å². The maximum atomic E-state index is 10.2. The Morgan fingerprint density at radius 2 is 2.60 bits per heavy atom. The van der Waals surface area contributed by atoms with E-state index < -0.39 is 5.43 Å². The van der Waals surface area contributed by atoms with Gasteiger partial charge in [0, 0.05) is 18.0 Å². The molecule has 0 saturated heterocycles. The van der Waals surface area contributed by atoms with Gasteiger partial charge >= 0.3 is 5.43 Å². The minimum absolute atomic E-state index is 0.213. The fourth-order valence-corrected chi connectivity index (χ4v) is 0.845. The minimum Gasteiger partial charge on any atom is -0.498 e. The van der Waals surface area contributed by atoms with Gasteiger partial charge in [0.2, 0.25) is 0 Å². The average Bonchev–Trinajstić information content (AvgIpc) is 1.88. The van der Waals surface area contributed by atoms with E-state index in [1.165, 1.54) is 0 Å². The fourth-order valence-electron chi connectivity index (χ4n) is 0.719. The maximum absolute atomic E-state index is 10.2. The monoisotopic (exact) mass is 162 g/mol. The van der Waals surface area contributed by atoms with Crippen molar-refractivity contribution in [3.8, 4) is 0 Å². The normalized spacial score (nSPS) is 23.5. The summed E-state index contributed by atoms with van der Waals surface area (Å²) in [5, 5.41) is 0. The summed E-state index contributed by atoms with van der Waals surface area (Å²) in [6.45, 7) is 0.398. The van der Waals surface area contributed by atoms with Crippen LogP contribution in [0.4, 0.5) is 4.79 Å². The summed E-state index contributed by atoms with van der Waals surface area (Å²) < 4.78 is 9.51. The van der Waals surface area contributed by atoms with E-state index in [0.29, 0.717) is 13.0 Å². The van der Waals surface area contributed by atoms with E-state index in [2.05, 4.69) is 4.74 Å². The molecule has 1 aliphatic heterocycles. The molecule has 1 aliphatic rings. The molecule has 0 aromatic rings. The van der Waals surface area contributed by atoms with Crippen molar-refractivity contribution in [3.63, 3.8) is 0 Å². The zero-order chi connectivity index (χ0) is 7.40. The van der Waals surface area contributed by atoms with Crippen LogP contribution < -0.4 is 0 Å². The Kier molecular flexibility index (Phi) is 2.57. The van der Waals surface area contributed by atoms with Crippen LogP contribution in [-0.2, 0) is 9.47 Å². The second-order valence-electron chi connectivity index (χ2n) is 1.92.